The van der Waals surface area contributed by atoms with Gasteiger partial charge in [0.2, 0.25) is 5.88 Å². The molecule has 0 aliphatic heterocycles. The molecule has 2 aliphatic carbocycles. The van der Waals surface area contributed by atoms with E-state index >= 15 is 0 Å². The van der Waals surface area contributed by atoms with Crippen LogP contribution in [0.2, 0.25) is 0 Å². The van der Waals surface area contributed by atoms with Crippen LogP contribution < -0.4 is 10.1 Å². The van der Waals surface area contributed by atoms with E-state index in [0.29, 0.717) is 17.7 Å². The molecule has 0 amide bonds. The van der Waals surface area contributed by atoms with Crippen LogP contribution in [0, 0.1) is 11.8 Å². The van der Waals surface area contributed by atoms with Gasteiger partial charge < -0.3 is 10.1 Å². The van der Waals surface area contributed by atoms with Gasteiger partial charge in [0.15, 0.2) is 0 Å². The summed E-state index contributed by atoms with van der Waals surface area (Å²) in [7, 11) is 0. The maximum absolute atomic E-state index is 5.85. The Hall–Kier alpha value is -1.69. The molecule has 23 heavy (non-hydrogen) atoms. The zero-order valence-corrected chi connectivity index (χ0v) is 14.0. The van der Waals surface area contributed by atoms with Gasteiger partial charge in [-0.15, -0.1) is 11.3 Å². The number of hydrogen-bond donors (Lipinski definition) is 1. The Labute approximate surface area is 140 Å². The fourth-order valence-electron chi connectivity index (χ4n) is 3.23. The van der Waals surface area contributed by atoms with Crippen LogP contribution in [0.25, 0.3) is 0 Å². The van der Waals surface area contributed by atoms with Crippen LogP contribution in [0.5, 0.6) is 5.88 Å². The van der Waals surface area contributed by atoms with E-state index in [4.69, 9.17) is 4.74 Å². The van der Waals surface area contributed by atoms with E-state index in [1.165, 1.54) is 38.5 Å². The molecule has 2 fully saturated rings. The van der Waals surface area contributed by atoms with E-state index in [9.17, 15) is 0 Å². The molecule has 0 aromatic carbocycles. The Morgan fingerprint density at radius 2 is 2.09 bits per heavy atom. The molecule has 0 radical (unpaired) electrons. The minimum absolute atomic E-state index is 0.245. The van der Waals surface area contributed by atoms with Crippen molar-refractivity contribution in [3.63, 3.8) is 0 Å². The molecule has 1 atom stereocenters. The van der Waals surface area contributed by atoms with Gasteiger partial charge in [0.25, 0.3) is 0 Å². The third-order valence-electron chi connectivity index (χ3n) is 4.67. The summed E-state index contributed by atoms with van der Waals surface area (Å²) in [4.78, 5) is 13.3. The van der Waals surface area contributed by atoms with E-state index in [0.717, 1.165) is 17.4 Å². The van der Waals surface area contributed by atoms with Gasteiger partial charge in [0.05, 0.1) is 25.0 Å². The summed E-state index contributed by atoms with van der Waals surface area (Å²) < 4.78 is 5.85. The predicted molar refractivity (Wildman–Crippen MR) is 90.7 cm³/mol. The molecule has 0 saturated heterocycles. The maximum atomic E-state index is 5.85. The van der Waals surface area contributed by atoms with Crippen LogP contribution in [0.4, 0.5) is 5.82 Å². The molecule has 5 nitrogen and oxygen atoms in total. The Morgan fingerprint density at radius 1 is 1.22 bits per heavy atom. The lowest BCUT2D eigenvalue weighted by molar-refractivity contribution is 0.243. The number of aromatic nitrogens is 3. The Kier molecular flexibility index (Phi) is 4.41. The SMILES string of the molecule is c1csc(C(Nc2cncc(OCC3CCCC3)n2)C2CC2)n1. The number of anilines is 1. The number of ether oxygens (including phenoxy) is 1. The van der Waals surface area contributed by atoms with Crippen molar-refractivity contribution in [3.05, 3.63) is 29.0 Å². The molecule has 2 aromatic rings. The first-order valence-electron chi connectivity index (χ1n) is 8.49. The van der Waals surface area contributed by atoms with Crippen molar-refractivity contribution in [2.45, 2.75) is 44.6 Å². The lowest BCUT2D eigenvalue weighted by Crippen LogP contribution is -2.14. The summed E-state index contributed by atoms with van der Waals surface area (Å²) >= 11 is 1.70. The van der Waals surface area contributed by atoms with Gasteiger partial charge in [0, 0.05) is 11.6 Å². The zero-order valence-electron chi connectivity index (χ0n) is 13.1. The van der Waals surface area contributed by atoms with Crippen molar-refractivity contribution in [1.82, 2.24) is 15.0 Å². The monoisotopic (exact) mass is 330 g/mol. The molecule has 0 bridgehead atoms. The Morgan fingerprint density at radius 3 is 2.83 bits per heavy atom. The summed E-state index contributed by atoms with van der Waals surface area (Å²) in [6, 6.07) is 0.245. The second-order valence-corrected chi connectivity index (χ2v) is 7.46. The first kappa shape index (κ1) is 14.9. The highest BCUT2D eigenvalue weighted by molar-refractivity contribution is 7.09. The van der Waals surface area contributed by atoms with Crippen molar-refractivity contribution in [2.24, 2.45) is 11.8 Å². The molecule has 0 spiro atoms. The molecule has 4 rings (SSSR count). The van der Waals surface area contributed by atoms with Crippen LogP contribution in [-0.4, -0.2) is 21.6 Å². The predicted octanol–water partition coefficient (Wildman–Crippen LogP) is 4.07. The van der Waals surface area contributed by atoms with Crippen LogP contribution in [0.15, 0.2) is 24.0 Å². The highest BCUT2D eigenvalue weighted by atomic mass is 32.1. The fourth-order valence-corrected chi connectivity index (χ4v) is 4.01. The molecule has 122 valence electrons. The van der Waals surface area contributed by atoms with Gasteiger partial charge >= 0.3 is 0 Å². The first-order valence-corrected chi connectivity index (χ1v) is 9.37. The fraction of sp³-hybridized carbons (Fsp3) is 0.588. The number of hydrogen-bond acceptors (Lipinski definition) is 6. The van der Waals surface area contributed by atoms with E-state index in [1.54, 1.807) is 23.7 Å². The third kappa shape index (κ3) is 3.80. The van der Waals surface area contributed by atoms with Crippen molar-refractivity contribution in [1.29, 1.82) is 0 Å². The standard InChI is InChI=1S/C17H22N4OS/c1-2-4-12(3-1)11-22-15-10-18-9-14(20-15)21-16(13-5-6-13)17-19-7-8-23-17/h7-10,12-13,16H,1-6,11H2,(H,20,21). The first-order chi connectivity index (χ1) is 11.4. The Balaban J connectivity index is 1.41. The highest BCUT2D eigenvalue weighted by Gasteiger charge is 2.34. The molecule has 2 heterocycles. The van der Waals surface area contributed by atoms with Crippen LogP contribution in [0.3, 0.4) is 0 Å². The smallest absolute Gasteiger partial charge is 0.234 e. The lowest BCUT2D eigenvalue weighted by Gasteiger charge is -2.17. The molecule has 1 N–H and O–H groups in total. The van der Waals surface area contributed by atoms with Gasteiger partial charge in [0.1, 0.15) is 10.8 Å². The second-order valence-electron chi connectivity index (χ2n) is 6.53. The third-order valence-corrected chi connectivity index (χ3v) is 5.53. The quantitative estimate of drug-likeness (QED) is 0.829. The van der Waals surface area contributed by atoms with Crippen molar-refractivity contribution in [3.8, 4) is 5.88 Å². The van der Waals surface area contributed by atoms with Gasteiger partial charge in [-0.05, 0) is 37.5 Å². The molecule has 2 saturated carbocycles. The van der Waals surface area contributed by atoms with E-state index in [-0.39, 0.29) is 6.04 Å². The lowest BCUT2D eigenvalue weighted by atomic mass is 10.1. The Bertz CT molecular complexity index is 623. The maximum Gasteiger partial charge on any atom is 0.234 e. The number of nitrogens with zero attached hydrogens (tertiary/aromatic N) is 3. The molecule has 2 aromatic heterocycles. The second kappa shape index (κ2) is 6.83. The largest absolute Gasteiger partial charge is 0.476 e. The van der Waals surface area contributed by atoms with Gasteiger partial charge in [-0.2, -0.15) is 4.98 Å². The summed E-state index contributed by atoms with van der Waals surface area (Å²) in [5.74, 6) is 2.74. The molecule has 2 aliphatic rings. The highest BCUT2D eigenvalue weighted by Crippen LogP contribution is 2.43. The van der Waals surface area contributed by atoms with Crippen molar-refractivity contribution >= 4 is 17.2 Å². The normalized spacial score (nSPS) is 19.7. The summed E-state index contributed by atoms with van der Waals surface area (Å²) in [5.41, 5.74) is 0. The number of rotatable bonds is 7. The van der Waals surface area contributed by atoms with E-state index in [1.807, 2.05) is 11.6 Å². The van der Waals surface area contributed by atoms with Gasteiger partial charge in [-0.1, -0.05) is 12.8 Å². The van der Waals surface area contributed by atoms with Crippen molar-refractivity contribution < 1.29 is 4.74 Å². The molecular weight excluding hydrogens is 308 g/mol. The molecule has 1 unspecified atom stereocenters. The summed E-state index contributed by atoms with van der Waals surface area (Å²) in [6.07, 6.45) is 13.1. The summed E-state index contributed by atoms with van der Waals surface area (Å²) in [5, 5.41) is 6.66. The average Bonchev–Trinajstić information content (AvgIpc) is 3.04. The van der Waals surface area contributed by atoms with Crippen LogP contribution >= 0.6 is 11.3 Å². The topological polar surface area (TPSA) is 59.9 Å². The van der Waals surface area contributed by atoms with E-state index in [2.05, 4.69) is 20.3 Å². The average molecular weight is 330 g/mol. The number of nitrogens with one attached hydrogen (secondary N) is 1. The van der Waals surface area contributed by atoms with Crippen LogP contribution in [0.1, 0.15) is 49.6 Å². The summed E-state index contributed by atoms with van der Waals surface area (Å²) in [6.45, 7) is 0.761. The number of thiazole rings is 1. The van der Waals surface area contributed by atoms with Crippen molar-refractivity contribution in [2.75, 3.05) is 11.9 Å². The molecule has 6 heteroatoms. The molecular formula is C17H22N4OS. The van der Waals surface area contributed by atoms with Gasteiger partial charge in [-0.3, -0.25) is 4.98 Å². The minimum Gasteiger partial charge on any atom is -0.476 e. The van der Waals surface area contributed by atoms with E-state index < -0.39 is 0 Å². The zero-order chi connectivity index (χ0) is 15.5. The minimum atomic E-state index is 0.245. The van der Waals surface area contributed by atoms with Crippen LogP contribution in [-0.2, 0) is 0 Å². The van der Waals surface area contributed by atoms with Gasteiger partial charge in [-0.25, -0.2) is 4.98 Å².